The summed E-state index contributed by atoms with van der Waals surface area (Å²) in [5.74, 6) is 0. The van der Waals surface area contributed by atoms with Crippen LogP contribution in [0.25, 0.3) is 0 Å². The molecule has 0 fully saturated rings. The Bertz CT molecular complexity index is 171. The minimum atomic E-state index is -1.17. The Morgan fingerprint density at radius 3 is 2.00 bits per heavy atom. The average Bonchev–Trinajstić information content (AvgIpc) is 2.36. The third-order valence-corrected chi connectivity index (χ3v) is 5.82. The van der Waals surface area contributed by atoms with Crippen LogP contribution in [0.15, 0.2) is 0 Å². The van der Waals surface area contributed by atoms with E-state index in [9.17, 15) is 0 Å². The van der Waals surface area contributed by atoms with E-state index < -0.39 is 9.20 Å². The molecule has 0 saturated heterocycles. The largest absolute Gasteiger partial charge is 0.406 e. The molecule has 3 unspecified atom stereocenters. The highest BCUT2D eigenvalue weighted by Crippen LogP contribution is 2.13. The zero-order valence-corrected chi connectivity index (χ0v) is 13.8. The van der Waals surface area contributed by atoms with Crippen molar-refractivity contribution in [3.63, 3.8) is 0 Å². The van der Waals surface area contributed by atoms with E-state index in [4.69, 9.17) is 4.43 Å². The molecule has 0 aromatic rings. The highest BCUT2D eigenvalue weighted by atomic mass is 28.3. The van der Waals surface area contributed by atoms with E-state index in [1.807, 2.05) is 7.05 Å². The molecule has 0 aromatic heterocycles. The van der Waals surface area contributed by atoms with Crippen LogP contribution in [-0.2, 0) is 4.43 Å². The summed E-state index contributed by atoms with van der Waals surface area (Å²) < 4.78 is 5.77. The predicted octanol–water partition coefficient (Wildman–Crippen LogP) is 2.36. The van der Waals surface area contributed by atoms with Crippen molar-refractivity contribution >= 4 is 9.20 Å². The average molecular weight is 260 g/mol. The SMILES string of the molecule is CCO[SiH](CCN(C(C)CC)C(C)CC)NC. The summed E-state index contributed by atoms with van der Waals surface area (Å²) in [6.07, 6.45) is 2.45. The van der Waals surface area contributed by atoms with Gasteiger partial charge in [-0.3, -0.25) is 4.90 Å². The maximum absolute atomic E-state index is 5.77. The zero-order chi connectivity index (χ0) is 13.3. The van der Waals surface area contributed by atoms with E-state index in [1.165, 1.54) is 25.4 Å². The molecule has 0 spiro atoms. The number of rotatable bonds is 10. The number of hydrogen-bond acceptors (Lipinski definition) is 3. The van der Waals surface area contributed by atoms with Gasteiger partial charge in [-0.25, -0.2) is 0 Å². The van der Waals surface area contributed by atoms with Gasteiger partial charge in [0.2, 0.25) is 0 Å². The molecule has 3 atom stereocenters. The van der Waals surface area contributed by atoms with Crippen LogP contribution in [-0.4, -0.2) is 46.4 Å². The van der Waals surface area contributed by atoms with Gasteiger partial charge in [-0.05, 0) is 53.2 Å². The summed E-state index contributed by atoms with van der Waals surface area (Å²) in [6, 6.07) is 2.55. The molecule has 0 aliphatic heterocycles. The summed E-state index contributed by atoms with van der Waals surface area (Å²) in [6.45, 7) is 13.3. The Labute approximate surface area is 110 Å². The third-order valence-electron chi connectivity index (χ3n) is 3.65. The van der Waals surface area contributed by atoms with Gasteiger partial charge in [0.25, 0.3) is 9.20 Å². The molecule has 4 heteroatoms. The van der Waals surface area contributed by atoms with Crippen LogP contribution in [0, 0.1) is 0 Å². The third kappa shape index (κ3) is 6.55. The maximum atomic E-state index is 5.77. The van der Waals surface area contributed by atoms with Gasteiger partial charge in [-0.15, -0.1) is 0 Å². The highest BCUT2D eigenvalue weighted by Gasteiger charge is 2.19. The smallest absolute Gasteiger partial charge is 0.253 e. The van der Waals surface area contributed by atoms with Gasteiger partial charge >= 0.3 is 0 Å². The van der Waals surface area contributed by atoms with Gasteiger partial charge in [-0.2, -0.15) is 0 Å². The Hall–Kier alpha value is 0.0969. The molecule has 3 nitrogen and oxygen atoms in total. The van der Waals surface area contributed by atoms with Crippen LogP contribution in [0.4, 0.5) is 0 Å². The topological polar surface area (TPSA) is 24.5 Å². The van der Waals surface area contributed by atoms with Crippen molar-refractivity contribution in [3.05, 3.63) is 0 Å². The standard InChI is InChI=1S/C13H32N2OSi/c1-7-12(4)15(13(5)8-2)10-11-17(14-6)16-9-3/h12-14,17H,7-11H2,1-6H3. The molecular formula is C13H32N2OSi. The Morgan fingerprint density at radius 2 is 1.65 bits per heavy atom. The Balaban J connectivity index is 4.23. The highest BCUT2D eigenvalue weighted by molar-refractivity contribution is 6.48. The monoisotopic (exact) mass is 260 g/mol. The summed E-state index contributed by atoms with van der Waals surface area (Å²) in [5.41, 5.74) is 0. The fraction of sp³-hybridized carbons (Fsp3) is 1.00. The minimum absolute atomic E-state index is 0.679. The predicted molar refractivity (Wildman–Crippen MR) is 78.9 cm³/mol. The Kier molecular flexibility index (Phi) is 10.1. The maximum Gasteiger partial charge on any atom is 0.253 e. The first-order valence-electron chi connectivity index (χ1n) is 7.15. The van der Waals surface area contributed by atoms with Gasteiger partial charge < -0.3 is 9.41 Å². The molecular weight excluding hydrogens is 228 g/mol. The zero-order valence-electron chi connectivity index (χ0n) is 12.6. The molecule has 0 heterocycles. The summed E-state index contributed by atoms with van der Waals surface area (Å²) in [7, 11) is 0.866. The van der Waals surface area contributed by atoms with Crippen LogP contribution in [0.1, 0.15) is 47.5 Å². The summed E-state index contributed by atoms with van der Waals surface area (Å²) in [5, 5.41) is 0. The van der Waals surface area contributed by atoms with Crippen molar-refractivity contribution in [3.8, 4) is 0 Å². The Morgan fingerprint density at radius 1 is 1.12 bits per heavy atom. The van der Waals surface area contributed by atoms with E-state index in [2.05, 4.69) is 44.5 Å². The molecule has 0 amide bonds. The molecule has 17 heavy (non-hydrogen) atoms. The van der Waals surface area contributed by atoms with Gasteiger partial charge in [0.1, 0.15) is 0 Å². The van der Waals surface area contributed by atoms with Gasteiger partial charge in [0, 0.05) is 18.7 Å². The minimum Gasteiger partial charge on any atom is -0.406 e. The molecule has 0 aliphatic carbocycles. The molecule has 0 saturated carbocycles. The first kappa shape index (κ1) is 17.1. The van der Waals surface area contributed by atoms with E-state index in [1.54, 1.807) is 0 Å². The van der Waals surface area contributed by atoms with Gasteiger partial charge in [-0.1, -0.05) is 13.8 Å². The van der Waals surface area contributed by atoms with Crippen LogP contribution >= 0.6 is 0 Å². The fourth-order valence-electron chi connectivity index (χ4n) is 2.12. The summed E-state index contributed by atoms with van der Waals surface area (Å²) >= 11 is 0. The molecule has 1 N–H and O–H groups in total. The molecule has 0 bridgehead atoms. The van der Waals surface area contributed by atoms with Crippen molar-refractivity contribution in [2.45, 2.75) is 65.6 Å². The van der Waals surface area contributed by atoms with Crippen molar-refractivity contribution in [2.24, 2.45) is 0 Å². The first-order valence-corrected chi connectivity index (χ1v) is 9.01. The second-order valence-electron chi connectivity index (χ2n) is 4.77. The first-order chi connectivity index (χ1) is 8.10. The van der Waals surface area contributed by atoms with Gasteiger partial charge in [0.15, 0.2) is 0 Å². The second kappa shape index (κ2) is 10.1. The number of nitrogens with zero attached hydrogens (tertiary/aromatic N) is 1. The number of hydrogen-bond donors (Lipinski definition) is 1. The van der Waals surface area contributed by atoms with Crippen LogP contribution < -0.4 is 4.98 Å². The lowest BCUT2D eigenvalue weighted by Gasteiger charge is -2.34. The normalized spacial score (nSPS) is 17.1. The molecule has 0 radical (unpaired) electrons. The van der Waals surface area contributed by atoms with Crippen LogP contribution in [0.3, 0.4) is 0 Å². The van der Waals surface area contributed by atoms with E-state index in [-0.39, 0.29) is 0 Å². The molecule has 0 aliphatic rings. The van der Waals surface area contributed by atoms with Crippen molar-refractivity contribution in [1.29, 1.82) is 0 Å². The van der Waals surface area contributed by atoms with Crippen molar-refractivity contribution in [2.75, 3.05) is 20.2 Å². The molecule has 104 valence electrons. The van der Waals surface area contributed by atoms with Crippen molar-refractivity contribution < 1.29 is 4.43 Å². The molecule has 0 aromatic carbocycles. The lowest BCUT2D eigenvalue weighted by atomic mass is 10.1. The lowest BCUT2D eigenvalue weighted by Crippen LogP contribution is -2.44. The molecule has 0 rings (SSSR count). The van der Waals surface area contributed by atoms with Gasteiger partial charge in [0.05, 0.1) is 0 Å². The summed E-state index contributed by atoms with van der Waals surface area (Å²) in [4.78, 5) is 6.00. The lowest BCUT2D eigenvalue weighted by molar-refractivity contribution is 0.152. The van der Waals surface area contributed by atoms with Crippen LogP contribution in [0.5, 0.6) is 0 Å². The van der Waals surface area contributed by atoms with Crippen molar-refractivity contribution in [1.82, 2.24) is 9.88 Å². The number of nitrogens with one attached hydrogen (secondary N) is 1. The van der Waals surface area contributed by atoms with E-state index in [0.717, 1.165) is 6.61 Å². The van der Waals surface area contributed by atoms with E-state index >= 15 is 0 Å². The van der Waals surface area contributed by atoms with Crippen LogP contribution in [0.2, 0.25) is 6.04 Å². The fourth-order valence-corrected chi connectivity index (χ4v) is 3.68. The van der Waals surface area contributed by atoms with E-state index in [0.29, 0.717) is 12.1 Å². The quantitative estimate of drug-likeness (QED) is 0.610. The second-order valence-corrected chi connectivity index (χ2v) is 7.24.